The van der Waals surface area contributed by atoms with Crippen LogP contribution in [0.5, 0.6) is 0 Å². The normalized spacial score (nSPS) is 26.4. The predicted octanol–water partition coefficient (Wildman–Crippen LogP) is 4.38. The summed E-state index contributed by atoms with van der Waals surface area (Å²) in [7, 11) is 0. The standard InChI is InChI=1S/C15H26O2/c16-14(17)12-15(10-6-1-2-7-11-15)13-8-4-3-5-9-13/h13H,1-12H2,(H,16,17). The average molecular weight is 238 g/mol. The molecule has 2 fully saturated rings. The first kappa shape index (κ1) is 12.9. The predicted molar refractivity (Wildman–Crippen MR) is 69.0 cm³/mol. The summed E-state index contributed by atoms with van der Waals surface area (Å²) in [5, 5.41) is 9.25. The minimum absolute atomic E-state index is 0.156. The third-order valence-corrected chi connectivity index (χ3v) is 5.07. The molecule has 0 atom stereocenters. The Balaban J connectivity index is 2.11. The molecular formula is C15H26O2. The minimum Gasteiger partial charge on any atom is -0.481 e. The highest BCUT2D eigenvalue weighted by molar-refractivity contribution is 5.67. The molecule has 1 N–H and O–H groups in total. The molecule has 2 aliphatic carbocycles. The highest BCUT2D eigenvalue weighted by atomic mass is 16.4. The van der Waals surface area contributed by atoms with Crippen LogP contribution >= 0.6 is 0 Å². The molecule has 0 spiro atoms. The summed E-state index contributed by atoms with van der Waals surface area (Å²) in [6, 6.07) is 0. The maximum Gasteiger partial charge on any atom is 0.303 e. The molecule has 0 radical (unpaired) electrons. The van der Waals surface area contributed by atoms with E-state index in [-0.39, 0.29) is 5.41 Å². The topological polar surface area (TPSA) is 37.3 Å². The molecule has 0 unspecified atom stereocenters. The molecule has 0 amide bonds. The van der Waals surface area contributed by atoms with E-state index in [1.54, 1.807) is 0 Å². The highest BCUT2D eigenvalue weighted by Gasteiger charge is 2.40. The Morgan fingerprint density at radius 2 is 1.47 bits per heavy atom. The molecule has 2 nitrogen and oxygen atoms in total. The summed E-state index contributed by atoms with van der Waals surface area (Å²) < 4.78 is 0. The van der Waals surface area contributed by atoms with Crippen molar-refractivity contribution in [2.45, 2.75) is 77.0 Å². The van der Waals surface area contributed by atoms with Gasteiger partial charge in [-0.15, -0.1) is 0 Å². The van der Waals surface area contributed by atoms with Gasteiger partial charge in [-0.2, -0.15) is 0 Å². The molecule has 2 saturated carbocycles. The number of hydrogen-bond acceptors (Lipinski definition) is 1. The van der Waals surface area contributed by atoms with Crippen LogP contribution in [0.1, 0.15) is 77.0 Å². The van der Waals surface area contributed by atoms with Gasteiger partial charge < -0.3 is 5.11 Å². The number of rotatable bonds is 3. The van der Waals surface area contributed by atoms with E-state index in [2.05, 4.69) is 0 Å². The average Bonchev–Trinajstić information content (AvgIpc) is 2.56. The van der Waals surface area contributed by atoms with E-state index >= 15 is 0 Å². The second-order valence-electron chi connectivity index (χ2n) is 6.18. The smallest absolute Gasteiger partial charge is 0.303 e. The fourth-order valence-electron chi connectivity index (χ4n) is 4.18. The molecule has 17 heavy (non-hydrogen) atoms. The molecule has 0 aromatic rings. The van der Waals surface area contributed by atoms with Crippen molar-refractivity contribution >= 4 is 5.97 Å². The lowest BCUT2D eigenvalue weighted by atomic mass is 9.63. The van der Waals surface area contributed by atoms with Crippen LogP contribution in [-0.4, -0.2) is 11.1 Å². The maximum absolute atomic E-state index is 11.2. The first-order valence-electron chi connectivity index (χ1n) is 7.45. The molecule has 0 heterocycles. The van der Waals surface area contributed by atoms with Crippen molar-refractivity contribution in [1.29, 1.82) is 0 Å². The van der Waals surface area contributed by atoms with Crippen molar-refractivity contribution in [2.75, 3.05) is 0 Å². The quantitative estimate of drug-likeness (QED) is 0.741. The fourth-order valence-corrected chi connectivity index (χ4v) is 4.18. The van der Waals surface area contributed by atoms with Crippen LogP contribution < -0.4 is 0 Å². The SMILES string of the molecule is O=C(O)CC1(C2CCCCC2)CCCCCC1. The molecule has 0 aliphatic heterocycles. The van der Waals surface area contributed by atoms with E-state index in [4.69, 9.17) is 0 Å². The van der Waals surface area contributed by atoms with Crippen molar-refractivity contribution < 1.29 is 9.90 Å². The molecule has 0 aromatic heterocycles. The van der Waals surface area contributed by atoms with Crippen molar-refractivity contribution in [3.05, 3.63) is 0 Å². The molecule has 2 aliphatic rings. The van der Waals surface area contributed by atoms with Gasteiger partial charge in [0.15, 0.2) is 0 Å². The van der Waals surface area contributed by atoms with Gasteiger partial charge in [0.25, 0.3) is 0 Å². The van der Waals surface area contributed by atoms with Crippen LogP contribution in [0.25, 0.3) is 0 Å². The Labute approximate surface area is 105 Å². The monoisotopic (exact) mass is 238 g/mol. The van der Waals surface area contributed by atoms with E-state index in [0.29, 0.717) is 12.3 Å². The second kappa shape index (κ2) is 5.88. The molecule has 98 valence electrons. The summed E-state index contributed by atoms with van der Waals surface area (Å²) >= 11 is 0. The Bertz CT molecular complexity index is 246. The summed E-state index contributed by atoms with van der Waals surface area (Å²) in [4.78, 5) is 11.2. The Morgan fingerprint density at radius 3 is 2.00 bits per heavy atom. The van der Waals surface area contributed by atoms with Gasteiger partial charge >= 0.3 is 5.97 Å². The minimum atomic E-state index is -0.572. The van der Waals surface area contributed by atoms with Crippen LogP contribution in [0.2, 0.25) is 0 Å². The Morgan fingerprint density at radius 1 is 0.941 bits per heavy atom. The lowest BCUT2D eigenvalue weighted by molar-refractivity contribution is -0.141. The molecular weight excluding hydrogens is 212 g/mol. The van der Waals surface area contributed by atoms with Crippen LogP contribution in [0, 0.1) is 11.3 Å². The van der Waals surface area contributed by atoms with Crippen LogP contribution in [0.3, 0.4) is 0 Å². The number of carboxylic acid groups (broad SMARTS) is 1. The van der Waals surface area contributed by atoms with Crippen LogP contribution in [-0.2, 0) is 4.79 Å². The number of aliphatic carboxylic acids is 1. The molecule has 0 aromatic carbocycles. The zero-order chi connectivity index (χ0) is 12.1. The van der Waals surface area contributed by atoms with Crippen LogP contribution in [0.15, 0.2) is 0 Å². The van der Waals surface area contributed by atoms with Crippen molar-refractivity contribution in [3.8, 4) is 0 Å². The van der Waals surface area contributed by atoms with E-state index in [0.717, 1.165) is 0 Å². The van der Waals surface area contributed by atoms with Gasteiger partial charge in [0, 0.05) is 0 Å². The van der Waals surface area contributed by atoms with Gasteiger partial charge in [-0.25, -0.2) is 0 Å². The summed E-state index contributed by atoms with van der Waals surface area (Å²) in [6.45, 7) is 0. The van der Waals surface area contributed by atoms with E-state index in [9.17, 15) is 9.90 Å². The lowest BCUT2D eigenvalue weighted by Gasteiger charge is -2.41. The zero-order valence-electron chi connectivity index (χ0n) is 10.9. The van der Waals surface area contributed by atoms with E-state index in [1.807, 2.05) is 0 Å². The van der Waals surface area contributed by atoms with Gasteiger partial charge in [-0.05, 0) is 37.0 Å². The molecule has 0 saturated heterocycles. The van der Waals surface area contributed by atoms with Crippen molar-refractivity contribution in [1.82, 2.24) is 0 Å². The number of carboxylic acids is 1. The van der Waals surface area contributed by atoms with Crippen molar-refractivity contribution in [2.24, 2.45) is 11.3 Å². The lowest BCUT2D eigenvalue weighted by Crippen LogP contribution is -2.34. The zero-order valence-corrected chi connectivity index (χ0v) is 10.9. The largest absolute Gasteiger partial charge is 0.481 e. The highest BCUT2D eigenvalue weighted by Crippen LogP contribution is 2.49. The fraction of sp³-hybridized carbons (Fsp3) is 0.933. The van der Waals surface area contributed by atoms with E-state index < -0.39 is 5.97 Å². The van der Waals surface area contributed by atoms with Gasteiger partial charge in [0.1, 0.15) is 0 Å². The first-order chi connectivity index (χ1) is 8.23. The number of carbonyl (C=O) groups is 1. The Kier molecular flexibility index (Phi) is 4.47. The third kappa shape index (κ3) is 3.23. The van der Waals surface area contributed by atoms with Gasteiger partial charge in [0.05, 0.1) is 6.42 Å². The first-order valence-corrected chi connectivity index (χ1v) is 7.45. The van der Waals surface area contributed by atoms with E-state index in [1.165, 1.54) is 70.6 Å². The molecule has 2 heteroatoms. The summed E-state index contributed by atoms with van der Waals surface area (Å²) in [5.74, 6) is 0.128. The summed E-state index contributed by atoms with van der Waals surface area (Å²) in [6.07, 6.45) is 14.5. The Hall–Kier alpha value is -0.530. The van der Waals surface area contributed by atoms with Crippen molar-refractivity contribution in [3.63, 3.8) is 0 Å². The van der Waals surface area contributed by atoms with Gasteiger partial charge in [0.2, 0.25) is 0 Å². The maximum atomic E-state index is 11.2. The number of hydrogen-bond donors (Lipinski definition) is 1. The third-order valence-electron chi connectivity index (χ3n) is 5.07. The summed E-state index contributed by atoms with van der Waals surface area (Å²) in [5.41, 5.74) is 0.156. The molecule has 0 bridgehead atoms. The van der Waals surface area contributed by atoms with Gasteiger partial charge in [-0.1, -0.05) is 44.9 Å². The molecule has 2 rings (SSSR count). The van der Waals surface area contributed by atoms with Gasteiger partial charge in [-0.3, -0.25) is 4.79 Å². The second-order valence-corrected chi connectivity index (χ2v) is 6.18. The van der Waals surface area contributed by atoms with Crippen LogP contribution in [0.4, 0.5) is 0 Å².